The van der Waals surface area contributed by atoms with Crippen molar-refractivity contribution in [2.45, 2.75) is 70.4 Å². The van der Waals surface area contributed by atoms with Crippen molar-refractivity contribution in [1.29, 1.82) is 0 Å². The molecule has 1 aromatic carbocycles. The van der Waals surface area contributed by atoms with Gasteiger partial charge in [0, 0.05) is 48.5 Å². The number of nitrogens with zero attached hydrogens (tertiary/aromatic N) is 2. The van der Waals surface area contributed by atoms with Gasteiger partial charge in [-0.15, -0.1) is 0 Å². The molecule has 0 bridgehead atoms. The molecule has 0 atom stereocenters. The molecule has 0 spiro atoms. The van der Waals surface area contributed by atoms with Crippen LogP contribution in [0.1, 0.15) is 65.5 Å². The lowest BCUT2D eigenvalue weighted by molar-refractivity contribution is -0.0230. The highest BCUT2D eigenvalue weighted by Gasteiger charge is 2.28. The van der Waals surface area contributed by atoms with Crippen molar-refractivity contribution in [3.8, 4) is 10.9 Å². The van der Waals surface area contributed by atoms with E-state index in [1.54, 1.807) is 0 Å². The lowest BCUT2D eigenvalue weighted by atomic mass is 9.84. The second kappa shape index (κ2) is 10.4. The maximum Gasteiger partial charge on any atom is 0.278 e. The number of aromatic nitrogens is 1. The van der Waals surface area contributed by atoms with Gasteiger partial charge >= 0.3 is 0 Å². The average Bonchev–Trinajstić information content (AvgIpc) is 3.48. The van der Waals surface area contributed by atoms with Crippen LogP contribution in [0.25, 0.3) is 0 Å². The number of hydrogen-bond donors (Lipinski definition) is 1. The molecule has 6 nitrogen and oxygen atoms in total. The van der Waals surface area contributed by atoms with Gasteiger partial charge in [-0.2, -0.15) is 0 Å². The second-order valence-corrected chi connectivity index (χ2v) is 11.1. The molecule has 0 saturated heterocycles. The number of benzene rings is 1. The summed E-state index contributed by atoms with van der Waals surface area (Å²) in [6.45, 7) is 3.61. The minimum atomic E-state index is -2.85. The molecule has 35 heavy (non-hydrogen) atoms. The highest BCUT2D eigenvalue weighted by Crippen LogP contribution is 2.33. The maximum atomic E-state index is 13.1. The summed E-state index contributed by atoms with van der Waals surface area (Å²) in [4.78, 5) is 20.9. The van der Waals surface area contributed by atoms with Gasteiger partial charge in [-0.25, -0.2) is 13.8 Å². The molecule has 2 aliphatic heterocycles. The molecule has 2 aromatic rings. The van der Waals surface area contributed by atoms with Crippen LogP contribution >= 0.6 is 11.3 Å². The van der Waals surface area contributed by atoms with E-state index >= 15 is 0 Å². The summed E-state index contributed by atoms with van der Waals surface area (Å²) >= 11 is 1.40. The van der Waals surface area contributed by atoms with Gasteiger partial charge in [0.15, 0.2) is 6.61 Å². The Labute approximate surface area is 209 Å². The van der Waals surface area contributed by atoms with Crippen molar-refractivity contribution in [3.63, 3.8) is 0 Å². The van der Waals surface area contributed by atoms with Gasteiger partial charge in [0.1, 0.15) is 5.75 Å². The number of hydrogen-bond acceptors (Lipinski definition) is 6. The van der Waals surface area contributed by atoms with Crippen molar-refractivity contribution in [2.24, 2.45) is 5.92 Å². The zero-order valence-corrected chi connectivity index (χ0v) is 21.0. The fourth-order valence-corrected chi connectivity index (χ4v) is 6.23. The number of alkyl halides is 2. The predicted octanol–water partition coefficient (Wildman–Crippen LogP) is 4.85. The minimum Gasteiger partial charge on any atom is -0.493 e. The Morgan fingerprint density at radius 2 is 2.11 bits per heavy atom. The molecule has 1 N–H and O–H groups in total. The van der Waals surface area contributed by atoms with E-state index in [0.29, 0.717) is 17.7 Å². The number of carbonyl (C=O) groups excluding carboxylic acids is 1. The molecule has 3 aliphatic rings. The third kappa shape index (κ3) is 6.12. The van der Waals surface area contributed by atoms with Crippen molar-refractivity contribution in [3.05, 3.63) is 39.9 Å². The summed E-state index contributed by atoms with van der Waals surface area (Å²) in [5, 5.41) is 3.61. The molecule has 190 valence electrons. The van der Waals surface area contributed by atoms with E-state index in [1.807, 2.05) is 18.2 Å². The van der Waals surface area contributed by atoms with Crippen LogP contribution in [-0.2, 0) is 19.4 Å². The Balaban J connectivity index is 1.04. The van der Waals surface area contributed by atoms with E-state index in [1.165, 1.54) is 11.3 Å². The summed E-state index contributed by atoms with van der Waals surface area (Å²) in [7, 11) is 0. The Morgan fingerprint density at radius 1 is 1.29 bits per heavy atom. The molecule has 1 aliphatic carbocycles. The predicted molar refractivity (Wildman–Crippen MR) is 131 cm³/mol. The summed E-state index contributed by atoms with van der Waals surface area (Å²) in [5.41, 5.74) is 2.76. The molecule has 1 saturated carbocycles. The van der Waals surface area contributed by atoms with E-state index in [4.69, 9.17) is 9.47 Å². The number of amides is 1. The standard InChI is InChI=1S/C26H33F2N3O3S/c1-26(27,28)16-34-25-30-21-15-31(13-10-23(21)35-25)12-9-17-5-7-18(8-6-17)29-24(32)20-3-2-4-22-19(20)11-14-33-22/h2-4,17-18H,5-16H2,1H3,(H,29,32)/t17-,18-. The topological polar surface area (TPSA) is 63.7 Å². The summed E-state index contributed by atoms with van der Waals surface area (Å²) in [6, 6.07) is 5.96. The monoisotopic (exact) mass is 505 g/mol. The van der Waals surface area contributed by atoms with E-state index < -0.39 is 12.5 Å². The molecule has 0 unspecified atom stereocenters. The smallest absolute Gasteiger partial charge is 0.278 e. The van der Waals surface area contributed by atoms with Crippen LogP contribution in [-0.4, -0.2) is 54.1 Å². The van der Waals surface area contributed by atoms with E-state index in [9.17, 15) is 13.6 Å². The van der Waals surface area contributed by atoms with E-state index in [2.05, 4.69) is 15.2 Å². The van der Waals surface area contributed by atoms with Gasteiger partial charge in [0.25, 0.3) is 17.0 Å². The van der Waals surface area contributed by atoms with Gasteiger partial charge in [-0.05, 0) is 63.1 Å². The molecule has 1 amide bonds. The lowest BCUT2D eigenvalue weighted by Gasteiger charge is -2.32. The van der Waals surface area contributed by atoms with Crippen molar-refractivity contribution >= 4 is 17.2 Å². The normalized spacial score (nSPS) is 22.3. The molecule has 5 rings (SSSR count). The first-order chi connectivity index (χ1) is 16.8. The Hall–Kier alpha value is -2.26. The van der Waals surface area contributed by atoms with Gasteiger partial charge in [0.05, 0.1) is 12.3 Å². The van der Waals surface area contributed by atoms with Gasteiger partial charge in [0.2, 0.25) is 0 Å². The SMILES string of the molecule is CC(F)(F)COc1nc2c(s1)CCN(CC[C@H]1CC[C@H](NC(=O)c3cccc4c3CCO4)CC1)C2. The number of carbonyl (C=O) groups is 1. The number of nitrogens with one attached hydrogen (secondary N) is 1. The average molecular weight is 506 g/mol. The van der Waals surface area contributed by atoms with Gasteiger partial charge in [-0.1, -0.05) is 17.4 Å². The molecular weight excluding hydrogens is 472 g/mol. The number of halogens is 2. The zero-order valence-electron chi connectivity index (χ0n) is 20.2. The molecule has 1 fully saturated rings. The number of fused-ring (bicyclic) bond motifs is 2. The van der Waals surface area contributed by atoms with E-state index in [-0.39, 0.29) is 11.9 Å². The molecule has 0 radical (unpaired) electrons. The largest absolute Gasteiger partial charge is 0.493 e. The molecular formula is C26H33F2N3O3S. The van der Waals surface area contributed by atoms with Crippen LogP contribution < -0.4 is 14.8 Å². The van der Waals surface area contributed by atoms with Gasteiger partial charge < -0.3 is 14.8 Å². The number of thiazole rings is 1. The van der Waals surface area contributed by atoms with Crippen LogP contribution in [0.4, 0.5) is 8.78 Å². The van der Waals surface area contributed by atoms with Crippen molar-refractivity contribution < 1.29 is 23.0 Å². The first kappa shape index (κ1) is 24.4. The quantitative estimate of drug-likeness (QED) is 0.556. The maximum absolute atomic E-state index is 13.1. The van der Waals surface area contributed by atoms with Crippen LogP contribution in [0.5, 0.6) is 10.9 Å². The number of rotatable bonds is 8. The van der Waals surface area contributed by atoms with Crippen LogP contribution in [0.2, 0.25) is 0 Å². The second-order valence-electron chi connectivity index (χ2n) is 10.1. The summed E-state index contributed by atoms with van der Waals surface area (Å²) in [5.74, 6) is -1.32. The van der Waals surface area contributed by atoms with Crippen LogP contribution in [0.15, 0.2) is 18.2 Å². The van der Waals surface area contributed by atoms with Crippen molar-refractivity contribution in [1.82, 2.24) is 15.2 Å². The highest BCUT2D eigenvalue weighted by atomic mass is 32.1. The molecule has 3 heterocycles. The third-order valence-corrected chi connectivity index (χ3v) is 8.33. The summed E-state index contributed by atoms with van der Waals surface area (Å²) in [6.07, 6.45) is 7.11. The van der Waals surface area contributed by atoms with Crippen LogP contribution in [0.3, 0.4) is 0 Å². The molecule has 1 aromatic heterocycles. The molecule has 9 heteroatoms. The summed E-state index contributed by atoms with van der Waals surface area (Å²) < 4.78 is 36.9. The fourth-order valence-electron chi connectivity index (χ4n) is 5.33. The Kier molecular flexibility index (Phi) is 7.25. The van der Waals surface area contributed by atoms with Crippen molar-refractivity contribution in [2.75, 3.05) is 26.3 Å². The first-order valence-electron chi connectivity index (χ1n) is 12.6. The Morgan fingerprint density at radius 3 is 2.91 bits per heavy atom. The first-order valence-corrected chi connectivity index (χ1v) is 13.4. The van der Waals surface area contributed by atoms with Crippen LogP contribution in [0, 0.1) is 5.92 Å². The van der Waals surface area contributed by atoms with E-state index in [0.717, 1.165) is 99.0 Å². The number of ether oxygens (including phenoxy) is 2. The van der Waals surface area contributed by atoms with Gasteiger partial charge in [-0.3, -0.25) is 9.69 Å². The lowest BCUT2D eigenvalue weighted by Crippen LogP contribution is -2.38. The highest BCUT2D eigenvalue weighted by molar-refractivity contribution is 7.13. The zero-order chi connectivity index (χ0) is 24.4. The Bertz CT molecular complexity index is 1050. The fraction of sp³-hybridized carbons (Fsp3) is 0.615. The third-order valence-electron chi connectivity index (χ3n) is 7.26. The minimum absolute atomic E-state index is 0.0224.